The maximum absolute atomic E-state index is 14.1. The van der Waals surface area contributed by atoms with Crippen molar-refractivity contribution in [3.63, 3.8) is 0 Å². The number of carbonyl (C=O) groups excluding carboxylic acids is 3. The van der Waals surface area contributed by atoms with E-state index in [4.69, 9.17) is 4.74 Å². The molecule has 2 aliphatic rings. The van der Waals surface area contributed by atoms with Gasteiger partial charge in [-0.1, -0.05) is 31.0 Å². The van der Waals surface area contributed by atoms with Crippen LogP contribution in [0.2, 0.25) is 0 Å². The molecule has 2 atom stereocenters. The molecule has 2 aromatic rings. The molecule has 7 nitrogen and oxygen atoms in total. The molecule has 0 spiro atoms. The first-order valence-corrected chi connectivity index (χ1v) is 12.4. The molecule has 2 heterocycles. The number of rotatable bonds is 10. The molecule has 0 unspecified atom stereocenters. The maximum Gasteiger partial charge on any atom is 0.329 e. The highest BCUT2D eigenvalue weighted by molar-refractivity contribution is 9.10. The molecule has 1 saturated heterocycles. The molecule has 1 aliphatic carbocycles. The van der Waals surface area contributed by atoms with Crippen molar-refractivity contribution >= 4 is 33.7 Å². The second-order valence-corrected chi connectivity index (χ2v) is 9.80. The van der Waals surface area contributed by atoms with Crippen molar-refractivity contribution in [2.45, 2.75) is 63.8 Å². The second-order valence-electron chi connectivity index (χ2n) is 8.99. The van der Waals surface area contributed by atoms with Crippen LogP contribution in [0.1, 0.15) is 49.8 Å². The Kier molecular flexibility index (Phi) is 8.10. The second kappa shape index (κ2) is 11.2. The number of nitrogens with zero attached hydrogens (tertiary/aromatic N) is 2. The number of nitrogens with one attached hydrogen (secondary N) is 1. The van der Waals surface area contributed by atoms with Crippen molar-refractivity contribution in [2.24, 2.45) is 5.92 Å². The third kappa shape index (κ3) is 6.84. The van der Waals surface area contributed by atoms with Gasteiger partial charge in [0.2, 0.25) is 11.8 Å². The molecule has 35 heavy (non-hydrogen) atoms. The average molecular weight is 550 g/mol. The van der Waals surface area contributed by atoms with Crippen molar-refractivity contribution in [1.82, 2.24) is 15.2 Å². The fourth-order valence-corrected chi connectivity index (χ4v) is 4.60. The summed E-state index contributed by atoms with van der Waals surface area (Å²) >= 11 is 3.27. The third-order valence-corrected chi connectivity index (χ3v) is 6.71. The van der Waals surface area contributed by atoms with Gasteiger partial charge in [0.15, 0.2) is 11.6 Å². The van der Waals surface area contributed by atoms with E-state index >= 15 is 0 Å². The van der Waals surface area contributed by atoms with Crippen LogP contribution in [-0.2, 0) is 32.3 Å². The third-order valence-electron chi connectivity index (χ3n) is 6.27. The molecular formula is C25H26BrF2N3O4. The van der Waals surface area contributed by atoms with E-state index in [0.717, 1.165) is 18.9 Å². The standard InChI is InChI=1S/C25H26BrF2N3O4/c26-21-6-2-4-17(29-21)14-35-25(34)20(11-15-7-8-15)30-22(32)12-18-9-10-23(33)31(18)13-16-3-1-5-19(27)24(16)28/h1-6,15,18,20H,7-14H2,(H,30,32)/t18-,20-/m0/s1. The molecule has 1 aromatic heterocycles. The zero-order chi connectivity index (χ0) is 24.9. The molecular weight excluding hydrogens is 524 g/mol. The number of esters is 1. The summed E-state index contributed by atoms with van der Waals surface area (Å²) in [6.45, 7) is -0.132. The Morgan fingerprint density at radius 1 is 1.17 bits per heavy atom. The molecule has 1 aromatic carbocycles. The van der Waals surface area contributed by atoms with Crippen LogP contribution in [0.5, 0.6) is 0 Å². The summed E-state index contributed by atoms with van der Waals surface area (Å²) < 4.78 is 33.7. The zero-order valence-corrected chi connectivity index (χ0v) is 20.6. The summed E-state index contributed by atoms with van der Waals surface area (Å²) in [4.78, 5) is 43.6. The van der Waals surface area contributed by atoms with Gasteiger partial charge >= 0.3 is 5.97 Å². The van der Waals surface area contributed by atoms with E-state index in [0.29, 0.717) is 29.1 Å². The van der Waals surface area contributed by atoms with Gasteiger partial charge < -0.3 is 15.0 Å². The molecule has 1 aliphatic heterocycles. The lowest BCUT2D eigenvalue weighted by Gasteiger charge is -2.26. The first kappa shape index (κ1) is 25.2. The molecule has 2 fully saturated rings. The van der Waals surface area contributed by atoms with E-state index in [9.17, 15) is 23.2 Å². The van der Waals surface area contributed by atoms with Gasteiger partial charge in [0.1, 0.15) is 17.3 Å². The number of likely N-dealkylation sites (tertiary alicyclic amines) is 1. The minimum absolute atomic E-state index is 0.0145. The Labute approximate surface area is 210 Å². The Bertz CT molecular complexity index is 1110. The Hall–Kier alpha value is -2.88. The number of halogens is 3. The predicted octanol–water partition coefficient (Wildman–Crippen LogP) is 4.03. The van der Waals surface area contributed by atoms with E-state index in [1.165, 1.54) is 17.0 Å². The first-order valence-electron chi connectivity index (χ1n) is 11.6. The number of ether oxygens (including phenoxy) is 1. The number of amides is 2. The molecule has 0 radical (unpaired) electrons. The fourth-order valence-electron chi connectivity index (χ4n) is 4.22. The number of aromatic nitrogens is 1. The van der Waals surface area contributed by atoms with Crippen molar-refractivity contribution in [3.8, 4) is 0 Å². The van der Waals surface area contributed by atoms with Crippen LogP contribution in [0.15, 0.2) is 41.0 Å². The molecule has 186 valence electrons. The summed E-state index contributed by atoms with van der Waals surface area (Å²) in [5.41, 5.74) is 0.635. The van der Waals surface area contributed by atoms with Crippen LogP contribution in [0.4, 0.5) is 8.78 Å². The van der Waals surface area contributed by atoms with Gasteiger partial charge in [0, 0.05) is 31.0 Å². The zero-order valence-electron chi connectivity index (χ0n) is 19.0. The Morgan fingerprint density at radius 2 is 1.94 bits per heavy atom. The lowest BCUT2D eigenvalue weighted by molar-refractivity contribution is -0.149. The maximum atomic E-state index is 14.1. The smallest absolute Gasteiger partial charge is 0.329 e. The predicted molar refractivity (Wildman–Crippen MR) is 126 cm³/mol. The van der Waals surface area contributed by atoms with Gasteiger partial charge in [-0.15, -0.1) is 0 Å². The van der Waals surface area contributed by atoms with Gasteiger partial charge in [-0.05, 0) is 52.9 Å². The van der Waals surface area contributed by atoms with Crippen molar-refractivity contribution in [1.29, 1.82) is 0 Å². The van der Waals surface area contributed by atoms with Crippen LogP contribution < -0.4 is 5.32 Å². The summed E-state index contributed by atoms with van der Waals surface area (Å²) in [5, 5.41) is 2.77. The van der Waals surface area contributed by atoms with Gasteiger partial charge in [0.05, 0.1) is 5.69 Å². The van der Waals surface area contributed by atoms with Crippen LogP contribution in [-0.4, -0.2) is 39.8 Å². The minimum atomic E-state index is -0.998. The Morgan fingerprint density at radius 3 is 2.69 bits per heavy atom. The fraction of sp³-hybridized carbons (Fsp3) is 0.440. The monoisotopic (exact) mass is 549 g/mol. The summed E-state index contributed by atoms with van der Waals surface area (Å²) in [6, 6.07) is 7.84. The lowest BCUT2D eigenvalue weighted by atomic mass is 10.1. The SMILES string of the molecule is O=C(C[C@@H]1CCC(=O)N1Cc1cccc(F)c1F)N[C@@H](CC1CC1)C(=O)OCc1cccc(Br)n1. The summed E-state index contributed by atoms with van der Waals surface area (Å²) in [7, 11) is 0. The number of hydrogen-bond acceptors (Lipinski definition) is 5. The largest absolute Gasteiger partial charge is 0.458 e. The average Bonchev–Trinajstić information content (AvgIpc) is 3.58. The molecule has 1 N–H and O–H groups in total. The van der Waals surface area contributed by atoms with Crippen molar-refractivity contribution < 1.29 is 27.9 Å². The van der Waals surface area contributed by atoms with Gasteiger partial charge in [0.25, 0.3) is 0 Å². The van der Waals surface area contributed by atoms with Crippen LogP contribution in [0.3, 0.4) is 0 Å². The topological polar surface area (TPSA) is 88.6 Å². The van der Waals surface area contributed by atoms with E-state index in [1.54, 1.807) is 18.2 Å². The van der Waals surface area contributed by atoms with Gasteiger partial charge in [-0.25, -0.2) is 18.6 Å². The molecule has 1 saturated carbocycles. The molecule has 2 amide bonds. The number of carbonyl (C=O) groups is 3. The number of benzene rings is 1. The summed E-state index contributed by atoms with van der Waals surface area (Å²) in [5.74, 6) is -2.77. The van der Waals surface area contributed by atoms with Gasteiger partial charge in [-0.3, -0.25) is 9.59 Å². The van der Waals surface area contributed by atoms with E-state index in [-0.39, 0.29) is 37.5 Å². The molecule has 4 rings (SSSR count). The van der Waals surface area contributed by atoms with Gasteiger partial charge in [-0.2, -0.15) is 0 Å². The molecule has 0 bridgehead atoms. The lowest BCUT2D eigenvalue weighted by Crippen LogP contribution is -2.44. The van der Waals surface area contributed by atoms with Crippen LogP contribution in [0.25, 0.3) is 0 Å². The highest BCUT2D eigenvalue weighted by atomic mass is 79.9. The quantitative estimate of drug-likeness (QED) is 0.357. The minimum Gasteiger partial charge on any atom is -0.458 e. The first-order chi connectivity index (χ1) is 16.8. The van der Waals surface area contributed by atoms with E-state index in [2.05, 4.69) is 26.2 Å². The van der Waals surface area contributed by atoms with Crippen LogP contribution in [0, 0.1) is 17.6 Å². The van der Waals surface area contributed by atoms with E-state index < -0.39 is 35.6 Å². The molecule has 10 heteroatoms. The summed E-state index contributed by atoms with van der Waals surface area (Å²) in [6.07, 6.45) is 3.09. The Balaban J connectivity index is 1.36. The van der Waals surface area contributed by atoms with E-state index in [1.807, 2.05) is 0 Å². The number of pyridine rings is 1. The van der Waals surface area contributed by atoms with Crippen molar-refractivity contribution in [2.75, 3.05) is 0 Å². The van der Waals surface area contributed by atoms with Crippen LogP contribution >= 0.6 is 15.9 Å². The highest BCUT2D eigenvalue weighted by Crippen LogP contribution is 2.34. The normalized spacial score (nSPS) is 18.4. The number of hydrogen-bond donors (Lipinski definition) is 1. The highest BCUT2D eigenvalue weighted by Gasteiger charge is 2.35. The van der Waals surface area contributed by atoms with Crippen molar-refractivity contribution in [3.05, 3.63) is 63.9 Å².